The molecule has 0 saturated carbocycles. The van der Waals surface area contributed by atoms with Crippen molar-refractivity contribution in [3.8, 4) is 0 Å². The molecule has 2 aromatic carbocycles. The number of carbonyl (C=O) groups excluding carboxylic acids is 1. The highest BCUT2D eigenvalue weighted by molar-refractivity contribution is 7.80. The molecule has 2 aromatic rings. The predicted molar refractivity (Wildman–Crippen MR) is 101 cm³/mol. The number of hydrogen-bond acceptors (Lipinski definition) is 2. The third-order valence-corrected chi connectivity index (χ3v) is 4.41. The van der Waals surface area contributed by atoms with Crippen LogP contribution in [-0.2, 0) is 11.0 Å². The van der Waals surface area contributed by atoms with Gasteiger partial charge in [-0.25, -0.2) is 4.39 Å². The average Bonchev–Trinajstić information content (AvgIpc) is 2.62. The molecule has 0 saturated heterocycles. The van der Waals surface area contributed by atoms with E-state index in [1.807, 2.05) is 0 Å². The Bertz CT molecular complexity index is 954. The molecule has 3 rings (SSSR count). The van der Waals surface area contributed by atoms with Crippen molar-refractivity contribution in [3.63, 3.8) is 0 Å². The summed E-state index contributed by atoms with van der Waals surface area (Å²) in [5, 5.41) is 8.19. The van der Waals surface area contributed by atoms with E-state index in [4.69, 9.17) is 12.2 Å². The van der Waals surface area contributed by atoms with E-state index in [2.05, 4.69) is 16.0 Å². The molecule has 1 heterocycles. The molecule has 4 nitrogen and oxygen atoms in total. The number of benzene rings is 2. The molecule has 0 aromatic heterocycles. The highest BCUT2D eigenvalue weighted by atomic mass is 32.1. The topological polar surface area (TPSA) is 53.2 Å². The Balaban J connectivity index is 2.02. The second-order valence-corrected chi connectivity index (χ2v) is 6.52. The SMILES string of the molecule is CC1=C(C(=O)Nc2ccc(F)cc2)C(c2ccccc2C(F)(F)F)NC(=S)N1. The summed E-state index contributed by atoms with van der Waals surface area (Å²) in [4.78, 5) is 12.8. The molecule has 0 aliphatic carbocycles. The second kappa shape index (κ2) is 7.59. The van der Waals surface area contributed by atoms with Gasteiger partial charge in [-0.15, -0.1) is 0 Å². The summed E-state index contributed by atoms with van der Waals surface area (Å²) >= 11 is 5.07. The number of halogens is 4. The van der Waals surface area contributed by atoms with Crippen LogP contribution in [0.4, 0.5) is 23.2 Å². The largest absolute Gasteiger partial charge is 0.416 e. The van der Waals surface area contributed by atoms with Crippen molar-refractivity contribution in [2.75, 3.05) is 5.32 Å². The van der Waals surface area contributed by atoms with Crippen LogP contribution in [0.1, 0.15) is 24.1 Å². The first-order valence-electron chi connectivity index (χ1n) is 8.18. The molecule has 0 bridgehead atoms. The van der Waals surface area contributed by atoms with Crippen molar-refractivity contribution < 1.29 is 22.4 Å². The third kappa shape index (κ3) is 4.14. The molecule has 0 spiro atoms. The first-order valence-corrected chi connectivity index (χ1v) is 8.59. The maximum atomic E-state index is 13.5. The number of rotatable bonds is 3. The van der Waals surface area contributed by atoms with E-state index in [0.29, 0.717) is 11.4 Å². The minimum atomic E-state index is -4.60. The number of thiocarbonyl (C=S) groups is 1. The predicted octanol–water partition coefficient (Wildman–Crippen LogP) is 4.28. The normalized spacial score (nSPS) is 17.0. The van der Waals surface area contributed by atoms with Gasteiger partial charge in [0, 0.05) is 11.4 Å². The summed E-state index contributed by atoms with van der Waals surface area (Å²) in [5.41, 5.74) is -0.304. The summed E-state index contributed by atoms with van der Waals surface area (Å²) in [6, 6.07) is 8.93. The molecule has 0 fully saturated rings. The third-order valence-electron chi connectivity index (χ3n) is 4.19. The van der Waals surface area contributed by atoms with Crippen LogP contribution in [0, 0.1) is 5.82 Å². The second-order valence-electron chi connectivity index (χ2n) is 6.12. The lowest BCUT2D eigenvalue weighted by Gasteiger charge is -2.31. The smallest absolute Gasteiger partial charge is 0.351 e. The van der Waals surface area contributed by atoms with Crippen molar-refractivity contribution in [2.45, 2.75) is 19.1 Å². The Kier molecular flexibility index (Phi) is 5.37. The molecular formula is C19H15F4N3OS. The minimum Gasteiger partial charge on any atom is -0.351 e. The van der Waals surface area contributed by atoms with Gasteiger partial charge in [-0.3, -0.25) is 4.79 Å². The van der Waals surface area contributed by atoms with E-state index in [1.165, 1.54) is 42.5 Å². The molecule has 1 atom stereocenters. The molecular weight excluding hydrogens is 394 g/mol. The number of alkyl halides is 3. The van der Waals surface area contributed by atoms with Gasteiger partial charge < -0.3 is 16.0 Å². The van der Waals surface area contributed by atoms with Gasteiger partial charge in [0.2, 0.25) is 0 Å². The monoisotopic (exact) mass is 409 g/mol. The zero-order valence-electron chi connectivity index (χ0n) is 14.5. The van der Waals surface area contributed by atoms with Crippen LogP contribution in [0.15, 0.2) is 59.8 Å². The van der Waals surface area contributed by atoms with E-state index in [1.54, 1.807) is 6.92 Å². The number of anilines is 1. The number of nitrogens with one attached hydrogen (secondary N) is 3. The first kappa shape index (κ1) is 19.8. The summed E-state index contributed by atoms with van der Waals surface area (Å²) in [6.07, 6.45) is -4.60. The van der Waals surface area contributed by atoms with Gasteiger partial charge in [0.1, 0.15) is 5.82 Å². The summed E-state index contributed by atoms with van der Waals surface area (Å²) < 4.78 is 53.5. The van der Waals surface area contributed by atoms with Crippen molar-refractivity contribution >= 4 is 28.9 Å². The number of carbonyl (C=O) groups is 1. The van der Waals surface area contributed by atoms with Crippen LogP contribution in [0.5, 0.6) is 0 Å². The quantitative estimate of drug-likeness (QED) is 0.523. The standard InChI is InChI=1S/C19H15F4N3OS/c1-10-15(17(27)25-12-8-6-11(20)7-9-12)16(26-18(28)24-10)13-4-2-3-5-14(13)19(21,22)23/h2-9,16H,1H3,(H,25,27)(H2,24,26,28). The van der Waals surface area contributed by atoms with Gasteiger partial charge in [-0.2, -0.15) is 13.2 Å². The van der Waals surface area contributed by atoms with Crippen molar-refractivity contribution in [1.29, 1.82) is 0 Å². The van der Waals surface area contributed by atoms with Gasteiger partial charge in [0.05, 0.1) is 17.2 Å². The van der Waals surface area contributed by atoms with E-state index >= 15 is 0 Å². The Morgan fingerprint density at radius 2 is 1.75 bits per heavy atom. The molecule has 0 radical (unpaired) electrons. The van der Waals surface area contributed by atoms with E-state index in [0.717, 1.165) is 6.07 Å². The molecule has 1 aliphatic rings. The summed E-state index contributed by atoms with van der Waals surface area (Å²) in [7, 11) is 0. The highest BCUT2D eigenvalue weighted by Gasteiger charge is 2.38. The van der Waals surface area contributed by atoms with Gasteiger partial charge in [0.25, 0.3) is 5.91 Å². The summed E-state index contributed by atoms with van der Waals surface area (Å²) in [6.45, 7) is 1.55. The lowest BCUT2D eigenvalue weighted by atomic mass is 9.91. The zero-order valence-corrected chi connectivity index (χ0v) is 15.3. The van der Waals surface area contributed by atoms with Crippen molar-refractivity contribution in [1.82, 2.24) is 10.6 Å². The van der Waals surface area contributed by atoms with Gasteiger partial charge in [0.15, 0.2) is 5.11 Å². The highest BCUT2D eigenvalue weighted by Crippen LogP contribution is 2.38. The molecule has 1 unspecified atom stereocenters. The molecule has 28 heavy (non-hydrogen) atoms. The van der Waals surface area contributed by atoms with Gasteiger partial charge in [-0.1, -0.05) is 18.2 Å². The maximum Gasteiger partial charge on any atom is 0.416 e. The Hall–Kier alpha value is -2.94. The molecule has 3 N–H and O–H groups in total. The Labute approximate surface area is 163 Å². The van der Waals surface area contributed by atoms with Crippen molar-refractivity contribution in [3.05, 3.63) is 76.7 Å². The lowest BCUT2D eigenvalue weighted by molar-refractivity contribution is -0.138. The van der Waals surface area contributed by atoms with Crippen LogP contribution in [0.25, 0.3) is 0 Å². The van der Waals surface area contributed by atoms with Crippen LogP contribution in [0.3, 0.4) is 0 Å². The number of amides is 1. The fourth-order valence-electron chi connectivity index (χ4n) is 2.97. The fourth-order valence-corrected chi connectivity index (χ4v) is 3.24. The molecule has 9 heteroatoms. The van der Waals surface area contributed by atoms with Gasteiger partial charge in [-0.05, 0) is 55.0 Å². The van der Waals surface area contributed by atoms with Crippen LogP contribution in [0.2, 0.25) is 0 Å². The number of hydrogen-bond donors (Lipinski definition) is 3. The van der Waals surface area contributed by atoms with E-state index in [9.17, 15) is 22.4 Å². The first-order chi connectivity index (χ1) is 13.2. The maximum absolute atomic E-state index is 13.5. The molecule has 146 valence electrons. The van der Waals surface area contributed by atoms with Crippen LogP contribution in [-0.4, -0.2) is 11.0 Å². The fraction of sp³-hybridized carbons (Fsp3) is 0.158. The lowest BCUT2D eigenvalue weighted by Crippen LogP contribution is -2.46. The summed E-state index contributed by atoms with van der Waals surface area (Å²) in [5.74, 6) is -1.11. The average molecular weight is 409 g/mol. The van der Waals surface area contributed by atoms with Gasteiger partial charge >= 0.3 is 6.18 Å². The minimum absolute atomic E-state index is 0.0506. The number of allylic oxidation sites excluding steroid dienone is 1. The molecule has 1 aliphatic heterocycles. The van der Waals surface area contributed by atoms with E-state index in [-0.39, 0.29) is 16.2 Å². The van der Waals surface area contributed by atoms with Crippen LogP contribution < -0.4 is 16.0 Å². The van der Waals surface area contributed by atoms with Crippen LogP contribution >= 0.6 is 12.2 Å². The Morgan fingerprint density at radius 3 is 2.39 bits per heavy atom. The van der Waals surface area contributed by atoms with Crippen molar-refractivity contribution in [2.24, 2.45) is 0 Å². The Morgan fingerprint density at radius 1 is 1.11 bits per heavy atom. The van der Waals surface area contributed by atoms with E-state index < -0.39 is 29.5 Å². The zero-order chi connectivity index (χ0) is 20.5. The molecule has 1 amide bonds.